The van der Waals surface area contributed by atoms with Gasteiger partial charge in [-0.25, -0.2) is 9.97 Å². The topological polar surface area (TPSA) is 67.4 Å². The van der Waals surface area contributed by atoms with Crippen molar-refractivity contribution in [1.82, 2.24) is 15.3 Å². The number of piperidine rings is 1. The van der Waals surface area contributed by atoms with Crippen LogP contribution >= 0.6 is 0 Å². The van der Waals surface area contributed by atoms with Crippen LogP contribution in [0.4, 0.5) is 5.95 Å². The van der Waals surface area contributed by atoms with Crippen LogP contribution in [0.2, 0.25) is 0 Å². The van der Waals surface area contributed by atoms with E-state index in [9.17, 15) is 4.79 Å². The molecule has 0 radical (unpaired) electrons. The van der Waals surface area contributed by atoms with E-state index in [4.69, 9.17) is 4.74 Å². The minimum Gasteiger partial charge on any atom is -0.487 e. The van der Waals surface area contributed by atoms with Crippen LogP contribution in [-0.2, 0) is 4.79 Å². The third kappa shape index (κ3) is 3.16. The average molecular weight is 338 g/mol. The number of amides is 1. The number of nitrogens with zero attached hydrogens (tertiary/aromatic N) is 3. The van der Waals surface area contributed by atoms with Gasteiger partial charge in [-0.15, -0.1) is 0 Å². The second kappa shape index (κ2) is 6.35. The molecule has 2 aliphatic heterocycles. The molecule has 1 aromatic heterocycles. The molecule has 4 rings (SSSR count). The molecule has 0 bridgehead atoms. The summed E-state index contributed by atoms with van der Waals surface area (Å²) in [7, 11) is 0. The molecule has 2 aliphatic rings. The van der Waals surface area contributed by atoms with Gasteiger partial charge in [0.1, 0.15) is 11.4 Å². The van der Waals surface area contributed by atoms with Gasteiger partial charge in [0.2, 0.25) is 11.9 Å². The van der Waals surface area contributed by atoms with E-state index in [2.05, 4.69) is 20.2 Å². The van der Waals surface area contributed by atoms with E-state index in [0.29, 0.717) is 0 Å². The molecule has 6 heteroatoms. The maximum Gasteiger partial charge on any atom is 0.225 e. The van der Waals surface area contributed by atoms with E-state index >= 15 is 0 Å². The van der Waals surface area contributed by atoms with Crippen molar-refractivity contribution in [1.29, 1.82) is 0 Å². The zero-order chi connectivity index (χ0) is 17.3. The zero-order valence-electron chi connectivity index (χ0n) is 14.3. The highest BCUT2D eigenvalue weighted by atomic mass is 16.5. The van der Waals surface area contributed by atoms with E-state index in [1.807, 2.05) is 30.3 Å². The largest absolute Gasteiger partial charge is 0.487 e. The van der Waals surface area contributed by atoms with Crippen molar-refractivity contribution in [3.05, 3.63) is 48.3 Å². The summed E-state index contributed by atoms with van der Waals surface area (Å²) < 4.78 is 6.44. The number of hydrogen-bond donors (Lipinski definition) is 1. The van der Waals surface area contributed by atoms with E-state index in [0.717, 1.165) is 49.6 Å². The fourth-order valence-electron chi connectivity index (χ4n) is 3.87. The highest BCUT2D eigenvalue weighted by molar-refractivity contribution is 5.73. The van der Waals surface area contributed by atoms with Gasteiger partial charge in [-0.2, -0.15) is 0 Å². The predicted molar refractivity (Wildman–Crippen MR) is 94.5 cm³/mol. The standard InChI is InChI=1S/C19H22N4O2/c1-14(24)22-16-13-19(25-17-6-3-2-5-15(16)17)7-11-23(12-8-19)18-20-9-4-10-21-18/h2-6,9-10,16H,7-8,11-13H2,1H3,(H,22,24)/t16-/m0/s1. The van der Waals surface area contributed by atoms with E-state index in [-0.39, 0.29) is 17.6 Å². The summed E-state index contributed by atoms with van der Waals surface area (Å²) in [4.78, 5) is 22.5. The average Bonchev–Trinajstić information content (AvgIpc) is 2.63. The number of benzene rings is 1. The highest BCUT2D eigenvalue weighted by Crippen LogP contribution is 2.44. The predicted octanol–water partition coefficient (Wildman–Crippen LogP) is 2.48. The second-order valence-electron chi connectivity index (χ2n) is 6.82. The molecule has 0 unspecified atom stereocenters. The number of carbonyl (C=O) groups is 1. The van der Waals surface area contributed by atoms with Gasteiger partial charge >= 0.3 is 0 Å². The van der Waals surface area contributed by atoms with Crippen molar-refractivity contribution in [3.63, 3.8) is 0 Å². The first-order valence-corrected chi connectivity index (χ1v) is 8.72. The molecule has 1 N–H and O–H groups in total. The van der Waals surface area contributed by atoms with Crippen LogP contribution in [0.1, 0.15) is 37.8 Å². The molecule has 1 atom stereocenters. The first-order valence-electron chi connectivity index (χ1n) is 8.72. The Labute approximate surface area is 147 Å². The van der Waals surface area contributed by atoms with Gasteiger partial charge < -0.3 is 15.0 Å². The molecular weight excluding hydrogens is 316 g/mol. The summed E-state index contributed by atoms with van der Waals surface area (Å²) in [6.45, 7) is 3.26. The number of nitrogens with one attached hydrogen (secondary N) is 1. The molecule has 1 aromatic carbocycles. The smallest absolute Gasteiger partial charge is 0.225 e. The van der Waals surface area contributed by atoms with Gasteiger partial charge in [0.15, 0.2) is 0 Å². The van der Waals surface area contributed by atoms with Crippen molar-refractivity contribution >= 4 is 11.9 Å². The normalized spacial score (nSPS) is 21.3. The maximum atomic E-state index is 11.7. The molecule has 0 saturated carbocycles. The number of carbonyl (C=O) groups excluding carboxylic acids is 1. The Hall–Kier alpha value is -2.63. The lowest BCUT2D eigenvalue weighted by Gasteiger charge is -2.46. The molecular formula is C19H22N4O2. The van der Waals surface area contributed by atoms with E-state index < -0.39 is 0 Å². The Kier molecular flexibility index (Phi) is 4.03. The van der Waals surface area contributed by atoms with Gasteiger partial charge in [0.25, 0.3) is 0 Å². The van der Waals surface area contributed by atoms with E-state index in [1.54, 1.807) is 19.3 Å². The number of fused-ring (bicyclic) bond motifs is 1. The lowest BCUT2D eigenvalue weighted by molar-refractivity contribution is -0.120. The van der Waals surface area contributed by atoms with Crippen LogP contribution in [-0.4, -0.2) is 34.6 Å². The summed E-state index contributed by atoms with van der Waals surface area (Å²) in [5.41, 5.74) is 0.823. The number of rotatable bonds is 2. The van der Waals surface area contributed by atoms with Gasteiger partial charge in [-0.1, -0.05) is 18.2 Å². The minimum atomic E-state index is -0.243. The molecule has 1 amide bonds. The Morgan fingerprint density at radius 3 is 2.64 bits per heavy atom. The minimum absolute atomic E-state index is 0.00183. The summed E-state index contributed by atoms with van der Waals surface area (Å²) in [6.07, 6.45) is 6.11. The van der Waals surface area contributed by atoms with Crippen LogP contribution in [0.5, 0.6) is 5.75 Å². The van der Waals surface area contributed by atoms with Crippen LogP contribution in [0.3, 0.4) is 0 Å². The maximum absolute atomic E-state index is 11.7. The number of aromatic nitrogens is 2. The van der Waals surface area contributed by atoms with Crippen LogP contribution in [0.15, 0.2) is 42.7 Å². The zero-order valence-corrected chi connectivity index (χ0v) is 14.3. The van der Waals surface area contributed by atoms with Crippen molar-refractivity contribution in [2.75, 3.05) is 18.0 Å². The molecule has 130 valence electrons. The van der Waals surface area contributed by atoms with Gasteiger partial charge in [0, 0.05) is 57.2 Å². The Bertz CT molecular complexity index is 757. The van der Waals surface area contributed by atoms with Gasteiger partial charge in [-0.05, 0) is 12.1 Å². The number of para-hydroxylation sites is 1. The SMILES string of the molecule is CC(=O)N[C@H]1CC2(CCN(c3ncccn3)CC2)Oc2ccccc21. The number of anilines is 1. The van der Waals surface area contributed by atoms with Crippen molar-refractivity contribution < 1.29 is 9.53 Å². The highest BCUT2D eigenvalue weighted by Gasteiger charge is 2.43. The summed E-state index contributed by atoms with van der Waals surface area (Å²) in [5.74, 6) is 1.65. The fourth-order valence-corrected chi connectivity index (χ4v) is 3.87. The van der Waals surface area contributed by atoms with Crippen molar-refractivity contribution in [3.8, 4) is 5.75 Å². The lowest BCUT2D eigenvalue weighted by atomic mass is 9.80. The number of hydrogen-bond acceptors (Lipinski definition) is 5. The Morgan fingerprint density at radius 2 is 1.92 bits per heavy atom. The monoisotopic (exact) mass is 338 g/mol. The number of ether oxygens (including phenoxy) is 1. The van der Waals surface area contributed by atoms with Crippen molar-refractivity contribution in [2.45, 2.75) is 37.8 Å². The van der Waals surface area contributed by atoms with Crippen LogP contribution < -0.4 is 15.0 Å². The Morgan fingerprint density at radius 1 is 1.20 bits per heavy atom. The Balaban J connectivity index is 1.54. The molecule has 1 fully saturated rings. The van der Waals surface area contributed by atoms with Gasteiger partial charge in [-0.3, -0.25) is 4.79 Å². The third-order valence-corrected chi connectivity index (χ3v) is 5.08. The first kappa shape index (κ1) is 15.9. The van der Waals surface area contributed by atoms with E-state index in [1.165, 1.54) is 0 Å². The molecule has 3 heterocycles. The van der Waals surface area contributed by atoms with Gasteiger partial charge in [0.05, 0.1) is 6.04 Å². The molecule has 0 aliphatic carbocycles. The summed E-state index contributed by atoms with van der Waals surface area (Å²) in [6, 6.07) is 9.84. The van der Waals surface area contributed by atoms with Crippen LogP contribution in [0.25, 0.3) is 0 Å². The molecule has 25 heavy (non-hydrogen) atoms. The summed E-state index contributed by atoms with van der Waals surface area (Å²) in [5, 5.41) is 3.10. The summed E-state index contributed by atoms with van der Waals surface area (Å²) >= 11 is 0. The molecule has 1 saturated heterocycles. The van der Waals surface area contributed by atoms with Crippen LogP contribution in [0, 0.1) is 0 Å². The lowest BCUT2D eigenvalue weighted by Crippen LogP contribution is -2.52. The fraction of sp³-hybridized carbons (Fsp3) is 0.421. The molecule has 2 aromatic rings. The third-order valence-electron chi connectivity index (χ3n) is 5.08. The second-order valence-corrected chi connectivity index (χ2v) is 6.82. The molecule has 6 nitrogen and oxygen atoms in total. The first-order chi connectivity index (χ1) is 12.2. The van der Waals surface area contributed by atoms with Crippen molar-refractivity contribution in [2.24, 2.45) is 0 Å². The molecule has 1 spiro atoms. The quantitative estimate of drug-likeness (QED) is 0.911.